The highest BCUT2D eigenvalue weighted by atomic mass is 16.5. The van der Waals surface area contributed by atoms with Crippen molar-refractivity contribution < 1.29 is 9.53 Å². The zero-order chi connectivity index (χ0) is 20.5. The number of likely N-dealkylation sites (tertiary alicyclic amines) is 2. The van der Waals surface area contributed by atoms with E-state index in [2.05, 4.69) is 52.3 Å². The van der Waals surface area contributed by atoms with Gasteiger partial charge in [0.05, 0.1) is 13.2 Å². The third-order valence-corrected chi connectivity index (χ3v) is 7.43. The fourth-order valence-corrected chi connectivity index (χ4v) is 5.97. The quantitative estimate of drug-likeness (QED) is 0.735. The first-order valence-electron chi connectivity index (χ1n) is 11.4. The molecule has 0 unspecified atom stereocenters. The van der Waals surface area contributed by atoms with Crippen molar-refractivity contribution in [2.45, 2.75) is 38.3 Å². The van der Waals surface area contributed by atoms with Gasteiger partial charge in [0, 0.05) is 38.0 Å². The first-order chi connectivity index (χ1) is 14.7. The molecule has 1 saturated carbocycles. The minimum atomic E-state index is 0.227. The summed E-state index contributed by atoms with van der Waals surface area (Å²) in [6, 6.07) is 19.4. The lowest BCUT2D eigenvalue weighted by Crippen LogP contribution is -2.38. The van der Waals surface area contributed by atoms with Crippen LogP contribution in [0.1, 0.15) is 42.9 Å². The molecular weight excluding hydrogens is 372 g/mol. The van der Waals surface area contributed by atoms with Crippen molar-refractivity contribution in [2.24, 2.45) is 17.8 Å². The van der Waals surface area contributed by atoms with E-state index in [-0.39, 0.29) is 12.0 Å². The van der Waals surface area contributed by atoms with Crippen molar-refractivity contribution in [1.82, 2.24) is 9.80 Å². The lowest BCUT2D eigenvalue weighted by atomic mass is 9.89. The van der Waals surface area contributed by atoms with Crippen molar-refractivity contribution in [3.8, 4) is 5.75 Å². The van der Waals surface area contributed by atoms with Gasteiger partial charge in [0.25, 0.3) is 0 Å². The van der Waals surface area contributed by atoms with E-state index in [9.17, 15) is 4.79 Å². The molecule has 158 valence electrons. The predicted molar refractivity (Wildman–Crippen MR) is 118 cm³/mol. The number of amides is 1. The normalized spacial score (nSPS) is 26.8. The summed E-state index contributed by atoms with van der Waals surface area (Å²) in [6.07, 6.45) is 4.58. The zero-order valence-corrected chi connectivity index (χ0v) is 17.9. The Balaban J connectivity index is 1.33. The molecule has 1 aliphatic carbocycles. The molecule has 30 heavy (non-hydrogen) atoms. The summed E-state index contributed by atoms with van der Waals surface area (Å²) in [5.74, 6) is 2.67. The molecule has 5 rings (SSSR count). The van der Waals surface area contributed by atoms with Crippen LogP contribution in [0.3, 0.4) is 0 Å². The van der Waals surface area contributed by atoms with Gasteiger partial charge in [-0.05, 0) is 42.0 Å². The first kappa shape index (κ1) is 19.6. The molecule has 3 fully saturated rings. The second-order valence-corrected chi connectivity index (χ2v) is 9.29. The summed E-state index contributed by atoms with van der Waals surface area (Å²) < 4.78 is 5.29. The smallest absolute Gasteiger partial charge is 0.226 e. The van der Waals surface area contributed by atoms with Crippen molar-refractivity contribution in [1.29, 1.82) is 0 Å². The average Bonchev–Trinajstić information content (AvgIpc) is 3.51. The highest BCUT2D eigenvalue weighted by molar-refractivity contribution is 5.80. The van der Waals surface area contributed by atoms with Gasteiger partial charge in [-0.2, -0.15) is 0 Å². The van der Waals surface area contributed by atoms with Crippen molar-refractivity contribution in [3.63, 3.8) is 0 Å². The van der Waals surface area contributed by atoms with E-state index in [1.807, 2.05) is 12.1 Å². The number of rotatable bonds is 5. The number of hydrogen-bond donors (Lipinski definition) is 0. The van der Waals surface area contributed by atoms with Gasteiger partial charge in [-0.3, -0.25) is 9.69 Å². The Morgan fingerprint density at radius 1 is 0.967 bits per heavy atom. The Bertz CT molecular complexity index is 860. The Kier molecular flexibility index (Phi) is 5.51. The number of carbonyl (C=O) groups excluding carboxylic acids is 1. The molecule has 0 aromatic heterocycles. The number of ether oxygens (including phenoxy) is 1. The number of carbonyl (C=O) groups is 1. The summed E-state index contributed by atoms with van der Waals surface area (Å²) in [5, 5.41) is 0. The molecule has 3 aliphatic rings. The van der Waals surface area contributed by atoms with Crippen LogP contribution in [-0.2, 0) is 11.3 Å². The SMILES string of the molecule is COc1ccc(CN2C[C@H]3CN(C(=O)C4CCCC4)[C@H](c4ccccc4)[C@H]3C2)cc1. The fraction of sp³-hybridized carbons (Fsp3) is 0.500. The van der Waals surface area contributed by atoms with Crippen LogP contribution < -0.4 is 4.74 Å². The minimum absolute atomic E-state index is 0.227. The van der Waals surface area contributed by atoms with Gasteiger partial charge >= 0.3 is 0 Å². The number of hydrogen-bond acceptors (Lipinski definition) is 3. The molecule has 2 aromatic rings. The van der Waals surface area contributed by atoms with Gasteiger partial charge < -0.3 is 9.64 Å². The summed E-state index contributed by atoms with van der Waals surface area (Å²) in [7, 11) is 1.71. The van der Waals surface area contributed by atoms with E-state index in [0.717, 1.165) is 44.8 Å². The van der Waals surface area contributed by atoms with Crippen molar-refractivity contribution >= 4 is 5.91 Å². The second-order valence-electron chi connectivity index (χ2n) is 9.29. The van der Waals surface area contributed by atoms with Crippen LogP contribution in [0.5, 0.6) is 5.75 Å². The molecule has 0 radical (unpaired) electrons. The maximum Gasteiger partial charge on any atom is 0.226 e. The van der Waals surface area contributed by atoms with Gasteiger partial charge in [0.1, 0.15) is 5.75 Å². The molecule has 4 nitrogen and oxygen atoms in total. The molecule has 2 aliphatic heterocycles. The molecule has 3 atom stereocenters. The van der Waals surface area contributed by atoms with E-state index in [1.54, 1.807) is 7.11 Å². The number of nitrogens with zero attached hydrogens (tertiary/aromatic N) is 2. The van der Waals surface area contributed by atoms with E-state index >= 15 is 0 Å². The molecule has 0 spiro atoms. The van der Waals surface area contributed by atoms with E-state index < -0.39 is 0 Å². The number of fused-ring (bicyclic) bond motifs is 1. The molecule has 2 heterocycles. The van der Waals surface area contributed by atoms with Crippen LogP contribution in [-0.4, -0.2) is 42.5 Å². The van der Waals surface area contributed by atoms with E-state index in [1.165, 1.54) is 24.0 Å². The predicted octanol–water partition coefficient (Wildman–Crippen LogP) is 4.52. The minimum Gasteiger partial charge on any atom is -0.497 e. The highest BCUT2D eigenvalue weighted by Gasteiger charge is 2.49. The van der Waals surface area contributed by atoms with Crippen molar-refractivity contribution in [2.75, 3.05) is 26.7 Å². The third-order valence-electron chi connectivity index (χ3n) is 7.43. The summed E-state index contributed by atoms with van der Waals surface area (Å²) in [4.78, 5) is 18.2. The summed E-state index contributed by atoms with van der Waals surface area (Å²) >= 11 is 0. The fourth-order valence-electron chi connectivity index (χ4n) is 5.97. The number of methoxy groups -OCH3 is 1. The Morgan fingerprint density at radius 3 is 2.40 bits per heavy atom. The summed E-state index contributed by atoms with van der Waals surface area (Å²) in [6.45, 7) is 4.02. The second kappa shape index (κ2) is 8.43. The first-order valence-corrected chi connectivity index (χ1v) is 11.4. The molecule has 2 saturated heterocycles. The Morgan fingerprint density at radius 2 is 1.70 bits per heavy atom. The topological polar surface area (TPSA) is 32.8 Å². The van der Waals surface area contributed by atoms with Crippen LogP contribution in [0.2, 0.25) is 0 Å². The lowest BCUT2D eigenvalue weighted by Gasteiger charge is -2.32. The molecule has 4 heteroatoms. The maximum absolute atomic E-state index is 13.4. The number of benzene rings is 2. The van der Waals surface area contributed by atoms with Crippen LogP contribution in [0.25, 0.3) is 0 Å². The van der Waals surface area contributed by atoms with Crippen LogP contribution in [0.15, 0.2) is 54.6 Å². The summed E-state index contributed by atoms with van der Waals surface area (Å²) in [5.41, 5.74) is 2.63. The standard InChI is InChI=1S/C26H32N2O2/c1-30-23-13-11-19(12-14-23)15-27-16-22-17-28(26(29)21-9-5-6-10-21)25(24(22)18-27)20-7-3-2-4-8-20/h2-4,7-8,11-14,21-22,24-25H,5-6,9-10,15-18H2,1H3/t22-,24-,25+/m0/s1. The van der Waals surface area contributed by atoms with Crippen LogP contribution in [0.4, 0.5) is 0 Å². The van der Waals surface area contributed by atoms with Crippen molar-refractivity contribution in [3.05, 3.63) is 65.7 Å². The Hall–Kier alpha value is -2.33. The van der Waals surface area contributed by atoms with Gasteiger partial charge in [-0.15, -0.1) is 0 Å². The highest BCUT2D eigenvalue weighted by Crippen LogP contribution is 2.46. The average molecular weight is 405 g/mol. The molecule has 1 amide bonds. The molecule has 0 bridgehead atoms. The Labute approximate surface area is 179 Å². The monoisotopic (exact) mass is 404 g/mol. The van der Waals surface area contributed by atoms with Gasteiger partial charge in [0.2, 0.25) is 5.91 Å². The molecule has 0 N–H and O–H groups in total. The molecular formula is C26H32N2O2. The van der Waals surface area contributed by atoms with E-state index in [4.69, 9.17) is 4.74 Å². The van der Waals surface area contributed by atoms with Gasteiger partial charge in [-0.1, -0.05) is 55.3 Å². The van der Waals surface area contributed by atoms with E-state index in [0.29, 0.717) is 17.7 Å². The van der Waals surface area contributed by atoms with Gasteiger partial charge in [-0.25, -0.2) is 0 Å². The van der Waals surface area contributed by atoms with Crippen LogP contribution in [0, 0.1) is 17.8 Å². The third kappa shape index (κ3) is 3.74. The largest absolute Gasteiger partial charge is 0.497 e. The van der Waals surface area contributed by atoms with Crippen LogP contribution >= 0.6 is 0 Å². The van der Waals surface area contributed by atoms with Gasteiger partial charge in [0.15, 0.2) is 0 Å². The molecule has 2 aromatic carbocycles. The zero-order valence-electron chi connectivity index (χ0n) is 17.9. The lowest BCUT2D eigenvalue weighted by molar-refractivity contribution is -0.137. The maximum atomic E-state index is 13.4.